The zero-order chi connectivity index (χ0) is 21.1. The van der Waals surface area contributed by atoms with Crippen molar-refractivity contribution in [2.24, 2.45) is 0 Å². The quantitative estimate of drug-likeness (QED) is 0.818. The molecule has 2 aromatic heterocycles. The minimum atomic E-state index is -0.148. The van der Waals surface area contributed by atoms with E-state index < -0.39 is 0 Å². The normalized spacial score (nSPS) is 19.9. The summed E-state index contributed by atoms with van der Waals surface area (Å²) in [5.74, 6) is 0.616. The summed E-state index contributed by atoms with van der Waals surface area (Å²) >= 11 is 0. The van der Waals surface area contributed by atoms with E-state index in [1.165, 1.54) is 19.3 Å². The Bertz CT molecular complexity index is 902. The van der Waals surface area contributed by atoms with Crippen LogP contribution in [0.15, 0.2) is 24.4 Å². The molecule has 3 amide bonds. The molecule has 0 aromatic carbocycles. The molecule has 30 heavy (non-hydrogen) atoms. The fraction of sp³-hybridized carbons (Fsp3) is 0.591. The van der Waals surface area contributed by atoms with E-state index in [4.69, 9.17) is 4.98 Å². The lowest BCUT2D eigenvalue weighted by atomic mass is 10.1. The predicted molar refractivity (Wildman–Crippen MR) is 116 cm³/mol. The Hall–Kier alpha value is -2.61. The number of nitrogens with zero attached hydrogens (tertiary/aromatic N) is 5. The van der Waals surface area contributed by atoms with Crippen LogP contribution in [0.3, 0.4) is 0 Å². The molecule has 0 aliphatic carbocycles. The molecule has 2 aromatic rings. The van der Waals surface area contributed by atoms with Crippen molar-refractivity contribution in [2.45, 2.75) is 38.1 Å². The number of nitrogens with one attached hydrogen (secondary N) is 1. The molecule has 2 fully saturated rings. The van der Waals surface area contributed by atoms with Crippen molar-refractivity contribution in [2.75, 3.05) is 46.8 Å². The van der Waals surface area contributed by atoms with Crippen LogP contribution in [0.2, 0.25) is 0 Å². The molecule has 0 radical (unpaired) electrons. The highest BCUT2D eigenvalue weighted by Crippen LogP contribution is 2.33. The fourth-order valence-electron chi connectivity index (χ4n) is 4.58. The van der Waals surface area contributed by atoms with Gasteiger partial charge in [-0.25, -0.2) is 9.78 Å². The number of piperidine rings is 1. The van der Waals surface area contributed by atoms with Crippen LogP contribution in [0, 0.1) is 0 Å². The number of hydrogen-bond acceptors (Lipinski definition) is 4. The Balaban J connectivity index is 1.53. The van der Waals surface area contributed by atoms with Crippen molar-refractivity contribution in [1.82, 2.24) is 29.4 Å². The van der Waals surface area contributed by atoms with Crippen LogP contribution >= 0.6 is 0 Å². The van der Waals surface area contributed by atoms with Gasteiger partial charge in [-0.1, -0.05) is 12.5 Å². The maximum Gasteiger partial charge on any atom is 0.320 e. The number of urea groups is 1. The zero-order valence-electron chi connectivity index (χ0n) is 18.0. The molecule has 2 saturated heterocycles. The standard InChI is InChI=1S/C22H32N6O2/c1-25(2)22(30)28-15-8-10-18(28)20-24-19(17-9-4-7-14-27(17)20)21(29)23-11-16-26-12-5-3-6-13-26/h4,7,9,14,18H,3,5-6,8,10-13,15-16H2,1-2H3,(H,23,29)/t18-/m1/s1. The molecule has 2 aliphatic rings. The summed E-state index contributed by atoms with van der Waals surface area (Å²) < 4.78 is 1.96. The van der Waals surface area contributed by atoms with Crippen molar-refractivity contribution in [1.29, 1.82) is 0 Å². The van der Waals surface area contributed by atoms with Crippen LogP contribution in [0.25, 0.3) is 5.52 Å². The number of rotatable bonds is 5. The highest BCUT2D eigenvalue weighted by atomic mass is 16.2. The Morgan fingerprint density at radius 2 is 1.93 bits per heavy atom. The first-order valence-electron chi connectivity index (χ1n) is 11.0. The monoisotopic (exact) mass is 412 g/mol. The van der Waals surface area contributed by atoms with Crippen molar-refractivity contribution < 1.29 is 9.59 Å². The van der Waals surface area contributed by atoms with Crippen LogP contribution in [0.5, 0.6) is 0 Å². The van der Waals surface area contributed by atoms with Crippen LogP contribution in [-0.4, -0.2) is 82.8 Å². The van der Waals surface area contributed by atoms with Gasteiger partial charge in [0, 0.05) is 39.9 Å². The highest BCUT2D eigenvalue weighted by Gasteiger charge is 2.34. The van der Waals surface area contributed by atoms with E-state index in [0.29, 0.717) is 18.8 Å². The van der Waals surface area contributed by atoms with E-state index in [1.54, 1.807) is 19.0 Å². The van der Waals surface area contributed by atoms with Gasteiger partial charge < -0.3 is 24.4 Å². The molecule has 8 heteroatoms. The summed E-state index contributed by atoms with van der Waals surface area (Å²) in [7, 11) is 3.53. The van der Waals surface area contributed by atoms with Crippen molar-refractivity contribution in [3.05, 3.63) is 35.9 Å². The minimum Gasteiger partial charge on any atom is -0.349 e. The number of amides is 3. The average Bonchev–Trinajstić information content (AvgIpc) is 3.38. The smallest absolute Gasteiger partial charge is 0.320 e. The average molecular weight is 413 g/mol. The van der Waals surface area contributed by atoms with Crippen molar-refractivity contribution in [3.8, 4) is 0 Å². The SMILES string of the molecule is CN(C)C(=O)N1CCC[C@@H]1c1nc(C(=O)NCCN2CCCCC2)c2ccccn12. The second kappa shape index (κ2) is 9.04. The lowest BCUT2D eigenvalue weighted by Gasteiger charge is -2.27. The third kappa shape index (κ3) is 4.14. The molecule has 0 spiro atoms. The zero-order valence-corrected chi connectivity index (χ0v) is 18.0. The van der Waals surface area contributed by atoms with Gasteiger partial charge in [-0.05, 0) is 50.9 Å². The van der Waals surface area contributed by atoms with E-state index in [9.17, 15) is 9.59 Å². The predicted octanol–water partition coefficient (Wildman–Crippen LogP) is 2.37. The molecule has 0 bridgehead atoms. The summed E-state index contributed by atoms with van der Waals surface area (Å²) in [6.07, 6.45) is 7.51. The van der Waals surface area contributed by atoms with Crippen molar-refractivity contribution >= 4 is 17.5 Å². The number of carbonyl (C=O) groups excluding carboxylic acids is 2. The highest BCUT2D eigenvalue weighted by molar-refractivity contribution is 5.99. The Morgan fingerprint density at radius 3 is 2.70 bits per heavy atom. The summed E-state index contributed by atoms with van der Waals surface area (Å²) in [6.45, 7) is 4.43. The fourth-order valence-corrected chi connectivity index (χ4v) is 4.58. The molecule has 2 aliphatic heterocycles. The number of hydrogen-bond donors (Lipinski definition) is 1. The molecule has 0 unspecified atom stereocenters. The van der Waals surface area contributed by atoms with E-state index >= 15 is 0 Å². The van der Waals surface area contributed by atoms with Gasteiger partial charge in [0.2, 0.25) is 0 Å². The second-order valence-electron chi connectivity index (χ2n) is 8.46. The lowest BCUT2D eigenvalue weighted by Crippen LogP contribution is -2.39. The van der Waals surface area contributed by atoms with Gasteiger partial charge in [0.25, 0.3) is 5.91 Å². The van der Waals surface area contributed by atoms with Gasteiger partial charge in [0.1, 0.15) is 5.82 Å². The molecule has 0 saturated carbocycles. The number of carbonyl (C=O) groups is 2. The van der Waals surface area contributed by atoms with Crippen LogP contribution in [-0.2, 0) is 0 Å². The molecule has 1 atom stereocenters. The molecular weight excluding hydrogens is 380 g/mol. The summed E-state index contributed by atoms with van der Waals surface area (Å²) in [5.41, 5.74) is 1.22. The maximum absolute atomic E-state index is 13.0. The number of aromatic nitrogens is 2. The van der Waals surface area contributed by atoms with E-state index in [1.807, 2.05) is 33.7 Å². The van der Waals surface area contributed by atoms with Crippen LogP contribution < -0.4 is 5.32 Å². The Labute approximate surface area is 177 Å². The van der Waals surface area contributed by atoms with E-state index in [-0.39, 0.29) is 18.0 Å². The minimum absolute atomic E-state index is 0.0160. The Kier molecular flexibility index (Phi) is 6.22. The third-order valence-electron chi connectivity index (χ3n) is 6.13. The first-order valence-corrected chi connectivity index (χ1v) is 11.0. The Morgan fingerprint density at radius 1 is 1.13 bits per heavy atom. The second-order valence-corrected chi connectivity index (χ2v) is 8.46. The number of likely N-dealkylation sites (tertiary alicyclic amines) is 2. The van der Waals surface area contributed by atoms with Crippen molar-refractivity contribution in [3.63, 3.8) is 0 Å². The number of pyridine rings is 1. The summed E-state index contributed by atoms with van der Waals surface area (Å²) in [4.78, 5) is 36.2. The largest absolute Gasteiger partial charge is 0.349 e. The van der Waals surface area contributed by atoms with Gasteiger partial charge in [0.05, 0.1) is 11.6 Å². The van der Waals surface area contributed by atoms with Gasteiger partial charge in [-0.3, -0.25) is 4.79 Å². The molecule has 4 heterocycles. The number of imidazole rings is 1. The van der Waals surface area contributed by atoms with Crippen LogP contribution in [0.1, 0.15) is 54.5 Å². The van der Waals surface area contributed by atoms with Gasteiger partial charge >= 0.3 is 6.03 Å². The maximum atomic E-state index is 13.0. The summed E-state index contributed by atoms with van der Waals surface area (Å²) in [6, 6.07) is 5.64. The topological polar surface area (TPSA) is 73.2 Å². The van der Waals surface area contributed by atoms with E-state index in [2.05, 4.69) is 10.2 Å². The van der Waals surface area contributed by atoms with Gasteiger partial charge in [0.15, 0.2) is 5.69 Å². The molecule has 4 rings (SSSR count). The first kappa shape index (κ1) is 20.7. The van der Waals surface area contributed by atoms with E-state index in [0.717, 1.165) is 43.8 Å². The van der Waals surface area contributed by atoms with Crippen LogP contribution in [0.4, 0.5) is 4.79 Å². The molecule has 8 nitrogen and oxygen atoms in total. The van der Waals surface area contributed by atoms with Gasteiger partial charge in [-0.2, -0.15) is 0 Å². The van der Waals surface area contributed by atoms with Gasteiger partial charge in [-0.15, -0.1) is 0 Å². The lowest BCUT2D eigenvalue weighted by molar-refractivity contribution is 0.0943. The third-order valence-corrected chi connectivity index (χ3v) is 6.13. The molecular formula is C22H32N6O2. The number of fused-ring (bicyclic) bond motifs is 1. The summed E-state index contributed by atoms with van der Waals surface area (Å²) in [5, 5.41) is 3.05. The molecule has 162 valence electrons. The molecule has 1 N–H and O–H groups in total. The first-order chi connectivity index (χ1) is 14.6.